The Morgan fingerprint density at radius 2 is 1.76 bits per heavy atom. The summed E-state index contributed by atoms with van der Waals surface area (Å²) >= 11 is 0. The minimum atomic E-state index is -0.327. The molecule has 3 aromatic rings. The van der Waals surface area contributed by atoms with Crippen molar-refractivity contribution in [2.24, 2.45) is 0 Å². The Kier molecular flexibility index (Phi) is 4.79. The molecule has 1 amide bonds. The fourth-order valence-electron chi connectivity index (χ4n) is 2.76. The summed E-state index contributed by atoms with van der Waals surface area (Å²) in [6, 6.07) is 13.4. The second-order valence-corrected chi connectivity index (χ2v) is 5.89. The number of ether oxygens (including phenoxy) is 1. The summed E-state index contributed by atoms with van der Waals surface area (Å²) in [4.78, 5) is 12.2. The van der Waals surface area contributed by atoms with Gasteiger partial charge in [-0.05, 0) is 42.2 Å². The highest BCUT2D eigenvalue weighted by molar-refractivity contribution is 5.94. The maximum atomic E-state index is 12.2. The Balaban J connectivity index is 1.68. The number of hydrogen-bond acceptors (Lipinski definition) is 5. The molecule has 3 rings (SSSR count). The maximum Gasteiger partial charge on any atom is 0.263 e. The zero-order chi connectivity index (χ0) is 17.8. The summed E-state index contributed by atoms with van der Waals surface area (Å²) in [5, 5.41) is 10.3. The third-order valence-corrected chi connectivity index (χ3v) is 3.75. The van der Waals surface area contributed by atoms with Crippen molar-refractivity contribution in [3.8, 4) is 17.0 Å². The van der Waals surface area contributed by atoms with Crippen molar-refractivity contribution in [2.45, 2.75) is 20.8 Å². The standard InChI is InChI=1S/C19H19N3O3/c1-12-9-13(2)18(14(3)10-12)24-11-16(23)20-19-17(21-25-22-19)15-7-5-4-6-8-15/h4-10H,11H2,1-3H3,(H,20,22,23). The van der Waals surface area contributed by atoms with E-state index in [1.165, 1.54) is 0 Å². The van der Waals surface area contributed by atoms with E-state index in [1.807, 2.05) is 63.2 Å². The minimum absolute atomic E-state index is 0.119. The topological polar surface area (TPSA) is 77.2 Å². The van der Waals surface area contributed by atoms with Gasteiger partial charge in [-0.15, -0.1) is 0 Å². The van der Waals surface area contributed by atoms with Crippen LogP contribution in [-0.4, -0.2) is 22.8 Å². The number of aromatic nitrogens is 2. The molecule has 0 aliphatic rings. The first-order chi connectivity index (χ1) is 12.0. The van der Waals surface area contributed by atoms with E-state index in [1.54, 1.807) is 0 Å². The number of benzene rings is 2. The SMILES string of the molecule is Cc1cc(C)c(OCC(=O)Nc2nonc2-c2ccccc2)c(C)c1. The summed E-state index contributed by atoms with van der Waals surface area (Å²) in [6.45, 7) is 5.83. The van der Waals surface area contributed by atoms with Crippen LogP contribution in [-0.2, 0) is 4.79 Å². The van der Waals surface area contributed by atoms with Crippen LogP contribution in [0.4, 0.5) is 5.82 Å². The van der Waals surface area contributed by atoms with Gasteiger partial charge >= 0.3 is 0 Å². The third-order valence-electron chi connectivity index (χ3n) is 3.75. The molecule has 0 aliphatic carbocycles. The molecular formula is C19H19N3O3. The number of nitrogens with one attached hydrogen (secondary N) is 1. The van der Waals surface area contributed by atoms with Crippen LogP contribution in [0.3, 0.4) is 0 Å². The number of nitrogens with zero attached hydrogens (tertiary/aromatic N) is 2. The van der Waals surface area contributed by atoms with Crippen LogP contribution in [0.1, 0.15) is 16.7 Å². The van der Waals surface area contributed by atoms with Gasteiger partial charge in [-0.1, -0.05) is 48.0 Å². The van der Waals surface area contributed by atoms with Gasteiger partial charge in [0.2, 0.25) is 5.82 Å². The summed E-state index contributed by atoms with van der Waals surface area (Å²) in [5.74, 6) is 0.673. The predicted octanol–water partition coefficient (Wildman–Crippen LogP) is 3.68. The number of aryl methyl sites for hydroxylation is 3. The number of hydrogen-bond donors (Lipinski definition) is 1. The first-order valence-electron chi connectivity index (χ1n) is 7.93. The lowest BCUT2D eigenvalue weighted by Gasteiger charge is -2.12. The molecule has 6 heteroatoms. The zero-order valence-electron chi connectivity index (χ0n) is 14.4. The zero-order valence-corrected chi connectivity index (χ0v) is 14.4. The summed E-state index contributed by atoms with van der Waals surface area (Å²) in [6.07, 6.45) is 0. The van der Waals surface area contributed by atoms with Gasteiger partial charge in [0, 0.05) is 5.56 Å². The summed E-state index contributed by atoms with van der Waals surface area (Å²) in [5.41, 5.74) is 4.45. The van der Waals surface area contributed by atoms with Gasteiger partial charge < -0.3 is 10.1 Å². The molecule has 0 bridgehead atoms. The van der Waals surface area contributed by atoms with E-state index in [9.17, 15) is 4.79 Å². The van der Waals surface area contributed by atoms with Gasteiger partial charge in [-0.3, -0.25) is 4.79 Å². The van der Waals surface area contributed by atoms with Crippen LogP contribution < -0.4 is 10.1 Å². The molecule has 0 saturated heterocycles. The molecule has 0 unspecified atom stereocenters. The quantitative estimate of drug-likeness (QED) is 0.768. The maximum absolute atomic E-state index is 12.2. The van der Waals surface area contributed by atoms with E-state index in [4.69, 9.17) is 9.37 Å². The molecule has 0 fully saturated rings. The van der Waals surface area contributed by atoms with Crippen molar-refractivity contribution in [1.29, 1.82) is 0 Å². The van der Waals surface area contributed by atoms with E-state index in [0.29, 0.717) is 5.69 Å². The molecule has 1 N–H and O–H groups in total. The summed E-state index contributed by atoms with van der Waals surface area (Å²) in [7, 11) is 0. The first kappa shape index (κ1) is 16.7. The number of anilines is 1. The van der Waals surface area contributed by atoms with E-state index >= 15 is 0 Å². The van der Waals surface area contributed by atoms with Gasteiger partial charge in [0.05, 0.1) is 0 Å². The van der Waals surface area contributed by atoms with Crippen LogP contribution in [0.25, 0.3) is 11.3 Å². The molecule has 0 saturated carbocycles. The molecule has 1 aromatic heterocycles. The number of carbonyl (C=O) groups excluding carboxylic acids is 1. The highest BCUT2D eigenvalue weighted by atomic mass is 16.6. The molecule has 1 heterocycles. The lowest BCUT2D eigenvalue weighted by molar-refractivity contribution is -0.118. The Labute approximate surface area is 145 Å². The minimum Gasteiger partial charge on any atom is -0.483 e. The monoisotopic (exact) mass is 337 g/mol. The van der Waals surface area contributed by atoms with Crippen molar-refractivity contribution in [2.75, 3.05) is 11.9 Å². The van der Waals surface area contributed by atoms with Crippen molar-refractivity contribution in [3.05, 3.63) is 59.2 Å². The largest absolute Gasteiger partial charge is 0.483 e. The van der Waals surface area contributed by atoms with Crippen molar-refractivity contribution in [3.63, 3.8) is 0 Å². The van der Waals surface area contributed by atoms with Gasteiger partial charge in [-0.25, -0.2) is 4.63 Å². The second-order valence-electron chi connectivity index (χ2n) is 5.89. The summed E-state index contributed by atoms with van der Waals surface area (Å²) < 4.78 is 10.4. The molecular weight excluding hydrogens is 318 g/mol. The fourth-order valence-corrected chi connectivity index (χ4v) is 2.76. The number of amides is 1. The lowest BCUT2D eigenvalue weighted by atomic mass is 10.1. The molecule has 0 atom stereocenters. The van der Waals surface area contributed by atoms with E-state index < -0.39 is 0 Å². The smallest absolute Gasteiger partial charge is 0.263 e. The first-order valence-corrected chi connectivity index (χ1v) is 7.93. The van der Waals surface area contributed by atoms with Crippen molar-refractivity contribution in [1.82, 2.24) is 10.3 Å². The van der Waals surface area contributed by atoms with E-state index in [-0.39, 0.29) is 18.3 Å². The average molecular weight is 337 g/mol. The highest BCUT2D eigenvalue weighted by Gasteiger charge is 2.16. The average Bonchev–Trinajstić information content (AvgIpc) is 3.02. The lowest BCUT2D eigenvalue weighted by Crippen LogP contribution is -2.21. The molecule has 0 spiro atoms. The van der Waals surface area contributed by atoms with Crippen molar-refractivity contribution >= 4 is 11.7 Å². The molecule has 0 aliphatic heterocycles. The van der Waals surface area contributed by atoms with E-state index in [0.717, 1.165) is 28.0 Å². The van der Waals surface area contributed by atoms with Gasteiger partial charge in [0.1, 0.15) is 5.75 Å². The fraction of sp³-hybridized carbons (Fsp3) is 0.211. The van der Waals surface area contributed by atoms with Crippen LogP contribution in [0.15, 0.2) is 47.1 Å². The molecule has 128 valence electrons. The number of rotatable bonds is 5. The van der Waals surface area contributed by atoms with Crippen LogP contribution in [0.5, 0.6) is 5.75 Å². The Hall–Kier alpha value is -3.15. The van der Waals surface area contributed by atoms with Gasteiger partial charge in [0.25, 0.3) is 5.91 Å². The predicted molar refractivity (Wildman–Crippen MR) is 94.5 cm³/mol. The number of carbonyl (C=O) groups is 1. The second kappa shape index (κ2) is 7.17. The Morgan fingerprint density at radius 1 is 1.08 bits per heavy atom. The molecule has 2 aromatic carbocycles. The molecule has 6 nitrogen and oxygen atoms in total. The Morgan fingerprint density at radius 3 is 2.44 bits per heavy atom. The molecule has 25 heavy (non-hydrogen) atoms. The highest BCUT2D eigenvalue weighted by Crippen LogP contribution is 2.25. The van der Waals surface area contributed by atoms with E-state index in [2.05, 4.69) is 15.6 Å². The third kappa shape index (κ3) is 3.85. The van der Waals surface area contributed by atoms with Crippen LogP contribution in [0.2, 0.25) is 0 Å². The van der Waals surface area contributed by atoms with Crippen LogP contribution >= 0.6 is 0 Å². The molecule has 0 radical (unpaired) electrons. The van der Waals surface area contributed by atoms with Gasteiger partial charge in [0.15, 0.2) is 12.3 Å². The normalized spacial score (nSPS) is 10.5. The van der Waals surface area contributed by atoms with Crippen LogP contribution in [0, 0.1) is 20.8 Å². The van der Waals surface area contributed by atoms with Gasteiger partial charge in [-0.2, -0.15) is 0 Å². The Bertz CT molecular complexity index is 865. The van der Waals surface area contributed by atoms with Crippen molar-refractivity contribution < 1.29 is 14.2 Å².